The molecule has 0 fully saturated rings. The molecular formula is C16H19FIN3O. The molecule has 2 aromatic rings. The van der Waals surface area contributed by atoms with Crippen LogP contribution in [-0.4, -0.2) is 19.6 Å². The van der Waals surface area contributed by atoms with Crippen molar-refractivity contribution in [2.45, 2.75) is 6.10 Å². The van der Waals surface area contributed by atoms with Crippen molar-refractivity contribution in [1.29, 1.82) is 0 Å². The van der Waals surface area contributed by atoms with Crippen LogP contribution in [0, 0.1) is 5.82 Å². The third kappa shape index (κ3) is 5.61. The van der Waals surface area contributed by atoms with Crippen molar-refractivity contribution >= 4 is 35.6 Å². The van der Waals surface area contributed by atoms with Crippen molar-refractivity contribution in [3.8, 4) is 0 Å². The van der Waals surface area contributed by atoms with Crippen LogP contribution in [0.3, 0.4) is 0 Å². The van der Waals surface area contributed by atoms with Gasteiger partial charge in [-0.15, -0.1) is 24.0 Å². The van der Waals surface area contributed by atoms with E-state index in [1.54, 1.807) is 19.2 Å². The van der Waals surface area contributed by atoms with Crippen LogP contribution in [-0.2, 0) is 4.74 Å². The second-order valence-corrected chi connectivity index (χ2v) is 4.49. The molecule has 2 rings (SSSR count). The standard InChI is InChI=1S/C16H18FN3O.HI/c1-21-15(12-7-9-13(17)10-8-12)11-19-16(18)20-14-5-3-2-4-6-14;/h2-10,15H,11H2,1H3,(H3,18,19,20);1H. The summed E-state index contributed by atoms with van der Waals surface area (Å²) in [6.07, 6.45) is -0.262. The number of aliphatic imine (C=N–C) groups is 1. The lowest BCUT2D eigenvalue weighted by Gasteiger charge is -2.14. The van der Waals surface area contributed by atoms with Gasteiger partial charge in [-0.1, -0.05) is 30.3 Å². The fourth-order valence-corrected chi connectivity index (χ4v) is 1.88. The first kappa shape index (κ1) is 18.4. The lowest BCUT2D eigenvalue weighted by Crippen LogP contribution is -2.23. The third-order valence-electron chi connectivity index (χ3n) is 3.00. The van der Waals surface area contributed by atoms with Crippen LogP contribution in [0.2, 0.25) is 0 Å². The minimum Gasteiger partial charge on any atom is -0.375 e. The Hall–Kier alpha value is -1.67. The van der Waals surface area contributed by atoms with Crippen LogP contribution >= 0.6 is 24.0 Å². The first-order chi connectivity index (χ1) is 10.2. The summed E-state index contributed by atoms with van der Waals surface area (Å²) < 4.78 is 18.3. The van der Waals surface area contributed by atoms with Gasteiger partial charge in [0.25, 0.3) is 0 Å². The Kier molecular flexibility index (Phi) is 7.83. The maximum atomic E-state index is 12.9. The monoisotopic (exact) mass is 415 g/mol. The van der Waals surface area contributed by atoms with E-state index in [1.165, 1.54) is 12.1 Å². The zero-order chi connectivity index (χ0) is 15.1. The van der Waals surface area contributed by atoms with Gasteiger partial charge in [0.2, 0.25) is 0 Å². The summed E-state index contributed by atoms with van der Waals surface area (Å²) >= 11 is 0. The molecule has 0 saturated carbocycles. The molecule has 0 bridgehead atoms. The maximum absolute atomic E-state index is 12.9. The predicted molar refractivity (Wildman–Crippen MR) is 98.1 cm³/mol. The van der Waals surface area contributed by atoms with Gasteiger partial charge in [-0.05, 0) is 29.8 Å². The predicted octanol–water partition coefficient (Wildman–Crippen LogP) is 3.56. The number of para-hydroxylation sites is 1. The van der Waals surface area contributed by atoms with E-state index in [0.717, 1.165) is 11.3 Å². The molecule has 0 aliphatic carbocycles. The Morgan fingerprint density at radius 3 is 2.41 bits per heavy atom. The second-order valence-electron chi connectivity index (χ2n) is 4.49. The number of methoxy groups -OCH3 is 1. The summed E-state index contributed by atoms with van der Waals surface area (Å²) in [5.41, 5.74) is 7.56. The number of anilines is 1. The number of nitrogens with zero attached hydrogens (tertiary/aromatic N) is 1. The number of guanidine groups is 1. The molecule has 0 aromatic heterocycles. The van der Waals surface area contributed by atoms with E-state index in [0.29, 0.717) is 12.5 Å². The first-order valence-electron chi connectivity index (χ1n) is 6.59. The van der Waals surface area contributed by atoms with Crippen molar-refractivity contribution in [1.82, 2.24) is 0 Å². The minimum absolute atomic E-state index is 0. The number of nitrogens with one attached hydrogen (secondary N) is 1. The Balaban J connectivity index is 0.00000242. The van der Waals surface area contributed by atoms with Crippen molar-refractivity contribution in [2.24, 2.45) is 10.7 Å². The molecule has 0 heterocycles. The zero-order valence-corrected chi connectivity index (χ0v) is 14.5. The molecule has 22 heavy (non-hydrogen) atoms. The molecule has 118 valence electrons. The normalized spacial score (nSPS) is 12.4. The third-order valence-corrected chi connectivity index (χ3v) is 3.00. The molecule has 2 aromatic carbocycles. The molecule has 4 nitrogen and oxygen atoms in total. The van der Waals surface area contributed by atoms with E-state index in [9.17, 15) is 4.39 Å². The highest BCUT2D eigenvalue weighted by Gasteiger charge is 2.10. The van der Waals surface area contributed by atoms with E-state index in [4.69, 9.17) is 10.5 Å². The summed E-state index contributed by atoms with van der Waals surface area (Å²) in [4.78, 5) is 4.25. The minimum atomic E-state index is -0.276. The van der Waals surface area contributed by atoms with E-state index >= 15 is 0 Å². The van der Waals surface area contributed by atoms with Crippen LogP contribution < -0.4 is 11.1 Å². The van der Waals surface area contributed by atoms with Crippen molar-refractivity contribution < 1.29 is 9.13 Å². The molecule has 0 amide bonds. The second kappa shape index (κ2) is 9.37. The first-order valence-corrected chi connectivity index (χ1v) is 6.59. The topological polar surface area (TPSA) is 59.6 Å². The molecule has 0 radical (unpaired) electrons. The molecule has 0 aliphatic heterocycles. The fourth-order valence-electron chi connectivity index (χ4n) is 1.88. The molecule has 6 heteroatoms. The van der Waals surface area contributed by atoms with Gasteiger partial charge in [-0.3, -0.25) is 4.99 Å². The number of hydrogen-bond acceptors (Lipinski definition) is 2. The number of rotatable bonds is 5. The van der Waals surface area contributed by atoms with Crippen LogP contribution in [0.5, 0.6) is 0 Å². The van der Waals surface area contributed by atoms with E-state index in [-0.39, 0.29) is 35.9 Å². The van der Waals surface area contributed by atoms with E-state index in [1.807, 2.05) is 30.3 Å². The van der Waals surface area contributed by atoms with Gasteiger partial charge in [0.05, 0.1) is 6.54 Å². The summed E-state index contributed by atoms with van der Waals surface area (Å²) in [6, 6.07) is 15.7. The number of hydrogen-bond donors (Lipinski definition) is 2. The van der Waals surface area contributed by atoms with Gasteiger partial charge in [0.1, 0.15) is 11.9 Å². The summed E-state index contributed by atoms with van der Waals surface area (Å²) in [5, 5.41) is 2.99. The Bertz CT molecular complexity index is 590. The van der Waals surface area contributed by atoms with Crippen LogP contribution in [0.4, 0.5) is 10.1 Å². The van der Waals surface area contributed by atoms with Crippen molar-refractivity contribution in [2.75, 3.05) is 19.0 Å². The highest BCUT2D eigenvalue weighted by Crippen LogP contribution is 2.17. The van der Waals surface area contributed by atoms with Crippen molar-refractivity contribution in [3.63, 3.8) is 0 Å². The molecule has 1 unspecified atom stereocenters. The zero-order valence-electron chi connectivity index (χ0n) is 12.2. The lowest BCUT2D eigenvalue weighted by molar-refractivity contribution is 0.111. The maximum Gasteiger partial charge on any atom is 0.193 e. The van der Waals surface area contributed by atoms with Crippen molar-refractivity contribution in [3.05, 3.63) is 66.0 Å². The van der Waals surface area contributed by atoms with E-state index in [2.05, 4.69) is 10.3 Å². The highest BCUT2D eigenvalue weighted by atomic mass is 127. The Labute approximate surface area is 146 Å². The highest BCUT2D eigenvalue weighted by molar-refractivity contribution is 14.0. The molecule has 0 saturated heterocycles. The van der Waals surface area contributed by atoms with Gasteiger partial charge < -0.3 is 15.8 Å². The SMILES string of the molecule is COC(CN=C(N)Nc1ccccc1)c1ccc(F)cc1.I. The summed E-state index contributed by atoms with van der Waals surface area (Å²) in [7, 11) is 1.59. The Morgan fingerprint density at radius 2 is 1.82 bits per heavy atom. The van der Waals surface area contributed by atoms with Crippen LogP contribution in [0.15, 0.2) is 59.6 Å². The number of ether oxygens (including phenoxy) is 1. The average Bonchev–Trinajstić information content (AvgIpc) is 2.50. The number of benzene rings is 2. The molecule has 0 aliphatic rings. The largest absolute Gasteiger partial charge is 0.375 e. The smallest absolute Gasteiger partial charge is 0.193 e. The van der Waals surface area contributed by atoms with Gasteiger partial charge in [0, 0.05) is 12.8 Å². The van der Waals surface area contributed by atoms with Crippen LogP contribution in [0.1, 0.15) is 11.7 Å². The Morgan fingerprint density at radius 1 is 1.18 bits per heavy atom. The molecule has 1 atom stereocenters. The summed E-state index contributed by atoms with van der Waals surface area (Å²) in [6.45, 7) is 0.355. The number of halogens is 2. The summed E-state index contributed by atoms with van der Waals surface area (Å²) in [5.74, 6) is 0.0349. The number of nitrogens with two attached hydrogens (primary N) is 1. The molecule has 3 N–H and O–H groups in total. The quantitative estimate of drug-likeness (QED) is 0.446. The average molecular weight is 415 g/mol. The van der Waals surface area contributed by atoms with Gasteiger partial charge in [0.15, 0.2) is 5.96 Å². The van der Waals surface area contributed by atoms with Gasteiger partial charge >= 0.3 is 0 Å². The molecular weight excluding hydrogens is 396 g/mol. The van der Waals surface area contributed by atoms with Gasteiger partial charge in [-0.25, -0.2) is 4.39 Å². The fraction of sp³-hybridized carbons (Fsp3) is 0.188. The van der Waals surface area contributed by atoms with E-state index < -0.39 is 0 Å². The molecule has 0 spiro atoms. The van der Waals surface area contributed by atoms with Crippen LogP contribution in [0.25, 0.3) is 0 Å². The van der Waals surface area contributed by atoms with Gasteiger partial charge in [-0.2, -0.15) is 0 Å². The lowest BCUT2D eigenvalue weighted by atomic mass is 10.1.